The Morgan fingerprint density at radius 2 is 0.878 bits per heavy atom. The van der Waals surface area contributed by atoms with Crippen molar-refractivity contribution in [2.75, 3.05) is 0 Å². The number of nitrogens with zero attached hydrogens (tertiary/aromatic N) is 2. The molecule has 0 fully saturated rings. The van der Waals surface area contributed by atoms with E-state index in [0.717, 1.165) is 32.8 Å². The number of pyridine rings is 4. The summed E-state index contributed by atoms with van der Waals surface area (Å²) in [6.07, 6.45) is 0. The zero-order chi connectivity index (χ0) is 32.5. The van der Waals surface area contributed by atoms with Crippen LogP contribution >= 0.6 is 23.2 Å². The Morgan fingerprint density at radius 3 is 1.31 bits per heavy atom. The van der Waals surface area contributed by atoms with Gasteiger partial charge in [-0.2, -0.15) is 0 Å². The molecule has 9 aromatic rings. The van der Waals surface area contributed by atoms with Gasteiger partial charge in [-0.1, -0.05) is 135 Å². The maximum atomic E-state index is 12.5. The summed E-state index contributed by atoms with van der Waals surface area (Å²) in [5.74, 6) is 0. The van der Waals surface area contributed by atoms with Crippen molar-refractivity contribution in [1.29, 1.82) is 0 Å². The highest BCUT2D eigenvalue weighted by atomic mass is 35.5. The number of hydrogen-bond donors (Lipinski definition) is 2. The Bertz CT molecular complexity index is 2560. The number of nitrogens with one attached hydrogen (secondary N) is 2. The van der Waals surface area contributed by atoms with E-state index in [1.165, 1.54) is 5.56 Å². The van der Waals surface area contributed by atoms with E-state index in [0.29, 0.717) is 37.5 Å². The van der Waals surface area contributed by atoms with Crippen LogP contribution < -0.4 is 10.9 Å². The van der Waals surface area contributed by atoms with Crippen LogP contribution in [0.3, 0.4) is 0 Å². The van der Waals surface area contributed by atoms with Gasteiger partial charge in [-0.05, 0) is 43.3 Å². The topological polar surface area (TPSA) is 91.5 Å². The van der Waals surface area contributed by atoms with Crippen molar-refractivity contribution < 1.29 is 0 Å². The third kappa shape index (κ3) is 6.61. The molecule has 2 N–H and O–H groups in total. The van der Waals surface area contributed by atoms with E-state index in [1.807, 2.05) is 91.0 Å². The number of aromatic nitrogens is 4. The van der Waals surface area contributed by atoms with Gasteiger partial charge in [0.1, 0.15) is 11.0 Å². The van der Waals surface area contributed by atoms with Gasteiger partial charge in [-0.25, -0.2) is 9.97 Å². The van der Waals surface area contributed by atoms with Gasteiger partial charge in [0, 0.05) is 21.5 Å². The number of rotatable bonds is 0. The van der Waals surface area contributed by atoms with Gasteiger partial charge in [0.15, 0.2) is 5.65 Å². The van der Waals surface area contributed by atoms with Gasteiger partial charge >= 0.3 is 0 Å². The van der Waals surface area contributed by atoms with Gasteiger partial charge in [-0.15, -0.1) is 0 Å². The molecule has 5 aromatic carbocycles. The Kier molecular flexibility index (Phi) is 10.4. The van der Waals surface area contributed by atoms with E-state index in [9.17, 15) is 9.59 Å². The van der Waals surface area contributed by atoms with Gasteiger partial charge in [-0.3, -0.25) is 9.59 Å². The molecule has 0 bridgehead atoms. The Balaban J connectivity index is 0.000000155. The SMILES string of the molecule is C.C.Cc1ccccc1.Clc1c2ccccc2nc2nc3ccccc3c(Cl)c12.O=c1c2ccccc2[nH]c2[nH]c3ccccc3c(=O)c12. The number of aryl methyl sites for hydroxylation is 1. The molecule has 49 heavy (non-hydrogen) atoms. The maximum Gasteiger partial charge on any atom is 0.202 e. The molecule has 0 saturated carbocycles. The van der Waals surface area contributed by atoms with E-state index < -0.39 is 0 Å². The molecule has 0 aliphatic heterocycles. The second-order valence-electron chi connectivity index (χ2n) is 11.0. The van der Waals surface area contributed by atoms with Crippen LogP contribution in [0.15, 0.2) is 137 Å². The molecule has 0 saturated heterocycles. The van der Waals surface area contributed by atoms with E-state index in [4.69, 9.17) is 23.2 Å². The van der Waals surface area contributed by atoms with Crippen LogP contribution in [0, 0.1) is 6.92 Å². The van der Waals surface area contributed by atoms with Crippen molar-refractivity contribution in [1.82, 2.24) is 19.9 Å². The highest BCUT2D eigenvalue weighted by Crippen LogP contribution is 2.37. The predicted octanol–water partition coefficient (Wildman–Crippen LogP) is 11.0. The van der Waals surface area contributed by atoms with Crippen molar-refractivity contribution in [3.8, 4) is 0 Å². The number of hydrogen-bond acceptors (Lipinski definition) is 4. The van der Waals surface area contributed by atoms with Crippen molar-refractivity contribution in [2.24, 2.45) is 0 Å². The first-order valence-corrected chi connectivity index (χ1v) is 15.7. The summed E-state index contributed by atoms with van der Waals surface area (Å²) in [4.78, 5) is 40.4. The van der Waals surface area contributed by atoms with E-state index >= 15 is 0 Å². The number of fused-ring (bicyclic) bond motifs is 6. The van der Waals surface area contributed by atoms with Crippen LogP contribution in [0.2, 0.25) is 10.0 Å². The maximum absolute atomic E-state index is 12.5. The highest BCUT2D eigenvalue weighted by molar-refractivity contribution is 6.47. The predicted molar refractivity (Wildman–Crippen MR) is 209 cm³/mol. The van der Waals surface area contributed by atoms with Crippen LogP contribution in [0.4, 0.5) is 0 Å². The van der Waals surface area contributed by atoms with Gasteiger partial charge in [0.05, 0.1) is 37.5 Å². The smallest absolute Gasteiger partial charge is 0.202 e. The normalized spacial score (nSPS) is 10.6. The molecule has 0 unspecified atom stereocenters. The molecule has 244 valence electrons. The van der Waals surface area contributed by atoms with Crippen molar-refractivity contribution in [3.05, 3.63) is 163 Å². The third-order valence-corrected chi connectivity index (χ3v) is 8.69. The number of benzene rings is 5. The molecular formula is C41H34Cl2N4O2. The minimum atomic E-state index is -0.235. The molecule has 0 radical (unpaired) electrons. The molecule has 6 nitrogen and oxygen atoms in total. The fourth-order valence-corrected chi connectivity index (χ4v) is 6.31. The molecule has 0 atom stereocenters. The zero-order valence-electron chi connectivity index (χ0n) is 25.1. The fourth-order valence-electron chi connectivity index (χ4n) is 5.58. The Morgan fingerprint density at radius 1 is 0.490 bits per heavy atom. The second kappa shape index (κ2) is 14.7. The average molecular weight is 686 g/mol. The summed E-state index contributed by atoms with van der Waals surface area (Å²) < 4.78 is 0. The van der Waals surface area contributed by atoms with Crippen LogP contribution in [0.5, 0.6) is 0 Å². The lowest BCUT2D eigenvalue weighted by Crippen LogP contribution is -2.16. The number of para-hydroxylation sites is 4. The minimum absolute atomic E-state index is 0. The van der Waals surface area contributed by atoms with Gasteiger partial charge in [0.25, 0.3) is 0 Å². The Hall–Kier alpha value is -5.56. The zero-order valence-corrected chi connectivity index (χ0v) is 26.6. The van der Waals surface area contributed by atoms with E-state index in [-0.39, 0.29) is 31.1 Å². The summed E-state index contributed by atoms with van der Waals surface area (Å²) in [5.41, 5.74) is 4.99. The second-order valence-corrected chi connectivity index (χ2v) is 11.7. The molecule has 9 rings (SSSR count). The average Bonchev–Trinajstić information content (AvgIpc) is 3.09. The molecule has 0 aliphatic rings. The molecule has 0 aliphatic carbocycles. The van der Waals surface area contributed by atoms with E-state index in [2.05, 4.69) is 39.0 Å². The number of aromatic amines is 2. The van der Waals surface area contributed by atoms with Crippen LogP contribution in [0.1, 0.15) is 20.4 Å². The molecule has 0 amide bonds. The summed E-state index contributed by atoms with van der Waals surface area (Å²) >= 11 is 13.0. The first-order valence-electron chi connectivity index (χ1n) is 14.9. The molecule has 4 heterocycles. The standard InChI is InChI=1S/C16H8Cl2N2.C16H10N2O2.C7H8.2CH4/c17-14-9-5-1-3-7-11(9)19-16-13(14)15(18)10-6-2-4-8-12(10)20-16;19-14-9-5-1-3-7-11(9)17-16-13(14)15(20)10-6-2-4-8-12(10)18-16;1-7-5-3-2-4-6-7;;/h1-8H;1-8H,(H2,17,18,19,20);2-6H,1H3;2*1H4. The third-order valence-electron chi connectivity index (χ3n) is 7.90. The lowest BCUT2D eigenvalue weighted by atomic mass is 10.1. The molecular weight excluding hydrogens is 651 g/mol. The number of halogens is 2. The summed E-state index contributed by atoms with van der Waals surface area (Å²) in [7, 11) is 0. The molecule has 0 spiro atoms. The first-order chi connectivity index (χ1) is 22.9. The van der Waals surface area contributed by atoms with Crippen LogP contribution in [0.25, 0.3) is 65.7 Å². The Labute approximate surface area is 293 Å². The summed E-state index contributed by atoms with van der Waals surface area (Å²) in [6.45, 7) is 2.08. The number of H-pyrrole nitrogens is 2. The largest absolute Gasteiger partial charge is 0.340 e. The summed E-state index contributed by atoms with van der Waals surface area (Å²) in [6, 6.07) is 40.1. The van der Waals surface area contributed by atoms with E-state index in [1.54, 1.807) is 24.3 Å². The van der Waals surface area contributed by atoms with Gasteiger partial charge < -0.3 is 9.97 Å². The lowest BCUT2D eigenvalue weighted by Gasteiger charge is -2.08. The lowest BCUT2D eigenvalue weighted by molar-refractivity contribution is 1.36. The molecule has 4 aromatic heterocycles. The van der Waals surface area contributed by atoms with Gasteiger partial charge in [0.2, 0.25) is 10.9 Å². The highest BCUT2D eigenvalue weighted by Gasteiger charge is 2.14. The van der Waals surface area contributed by atoms with Crippen LogP contribution in [-0.4, -0.2) is 19.9 Å². The minimum Gasteiger partial charge on any atom is -0.340 e. The van der Waals surface area contributed by atoms with Crippen molar-refractivity contribution in [2.45, 2.75) is 21.8 Å². The quantitative estimate of drug-likeness (QED) is 0.155. The first kappa shape index (κ1) is 34.8. The van der Waals surface area contributed by atoms with Crippen LogP contribution in [-0.2, 0) is 0 Å². The fraction of sp³-hybridized carbons (Fsp3) is 0.0732. The molecule has 8 heteroatoms. The van der Waals surface area contributed by atoms with Crippen molar-refractivity contribution >= 4 is 88.9 Å². The monoisotopic (exact) mass is 684 g/mol. The van der Waals surface area contributed by atoms with Crippen molar-refractivity contribution in [3.63, 3.8) is 0 Å². The summed E-state index contributed by atoms with van der Waals surface area (Å²) in [5, 5.41) is 4.94.